The van der Waals surface area contributed by atoms with Gasteiger partial charge < -0.3 is 25.6 Å². The molecule has 2 atom stereocenters. The summed E-state index contributed by atoms with van der Waals surface area (Å²) in [6.45, 7) is 5.29. The smallest absolute Gasteiger partial charge is 0.330 e. The maximum atomic E-state index is 12.6. The first kappa shape index (κ1) is 31.0. The molecular formula is C24H44N2O7. The summed E-state index contributed by atoms with van der Waals surface area (Å²) < 4.78 is 5.04. The molecule has 0 heterocycles. The normalized spacial score (nSPS) is 12.8. The molecule has 0 radical (unpaired) electrons. The summed E-state index contributed by atoms with van der Waals surface area (Å²) in [5.41, 5.74) is 0. The van der Waals surface area contributed by atoms with Crippen molar-refractivity contribution < 1.29 is 34.1 Å². The van der Waals surface area contributed by atoms with Gasteiger partial charge in [0.15, 0.2) is 0 Å². The lowest BCUT2D eigenvalue weighted by Crippen LogP contribution is -2.44. The molecule has 0 bridgehead atoms. The minimum absolute atomic E-state index is 0.0149. The fraction of sp³-hybridized carbons (Fsp3) is 0.833. The largest absolute Gasteiger partial charge is 0.481 e. The molecule has 33 heavy (non-hydrogen) atoms. The van der Waals surface area contributed by atoms with Gasteiger partial charge in [0, 0.05) is 12.8 Å². The summed E-state index contributed by atoms with van der Waals surface area (Å²) in [5, 5.41) is 24.0. The molecule has 9 heteroatoms. The number of rotatable bonds is 22. The highest BCUT2D eigenvalue weighted by Gasteiger charge is 2.27. The number of esters is 2. The van der Waals surface area contributed by atoms with Gasteiger partial charge in [0.1, 0.15) is 12.1 Å². The van der Waals surface area contributed by atoms with Crippen LogP contribution in [0, 0.1) is 0 Å². The Morgan fingerprint density at radius 3 is 1.33 bits per heavy atom. The molecule has 9 nitrogen and oxygen atoms in total. The van der Waals surface area contributed by atoms with E-state index in [1.165, 1.54) is 0 Å². The highest BCUT2D eigenvalue weighted by Crippen LogP contribution is 2.08. The number of carbonyl (C=O) groups excluding carboxylic acids is 2. The lowest BCUT2D eigenvalue weighted by molar-refractivity contribution is -0.163. The molecule has 2 unspecified atom stereocenters. The molecule has 0 amide bonds. The van der Waals surface area contributed by atoms with E-state index < -0.39 is 36.0 Å². The van der Waals surface area contributed by atoms with Crippen molar-refractivity contribution in [2.75, 3.05) is 13.1 Å². The number of hydrogen-bond donors (Lipinski definition) is 4. The molecule has 0 saturated carbocycles. The van der Waals surface area contributed by atoms with Crippen LogP contribution in [-0.4, -0.2) is 59.3 Å². The van der Waals surface area contributed by atoms with Crippen molar-refractivity contribution in [1.29, 1.82) is 0 Å². The van der Waals surface area contributed by atoms with Crippen LogP contribution in [0.1, 0.15) is 104 Å². The van der Waals surface area contributed by atoms with E-state index in [9.17, 15) is 19.2 Å². The highest BCUT2D eigenvalue weighted by molar-refractivity contribution is 5.91. The summed E-state index contributed by atoms with van der Waals surface area (Å²) in [6, 6.07) is -1.80. The quantitative estimate of drug-likeness (QED) is 0.105. The fourth-order valence-corrected chi connectivity index (χ4v) is 3.39. The minimum atomic E-state index is -1.03. The number of nitrogens with one attached hydrogen (secondary N) is 2. The van der Waals surface area contributed by atoms with Gasteiger partial charge in [0.05, 0.1) is 0 Å². The molecule has 0 fully saturated rings. The van der Waals surface area contributed by atoms with Crippen LogP contribution in [0.4, 0.5) is 0 Å². The van der Waals surface area contributed by atoms with Crippen LogP contribution in [0.3, 0.4) is 0 Å². The lowest BCUT2D eigenvalue weighted by Gasteiger charge is -2.20. The number of hydrogen-bond acceptors (Lipinski definition) is 7. The molecule has 0 saturated heterocycles. The van der Waals surface area contributed by atoms with Crippen LogP contribution in [0.15, 0.2) is 0 Å². The van der Waals surface area contributed by atoms with Gasteiger partial charge in [-0.05, 0) is 38.8 Å². The van der Waals surface area contributed by atoms with Crippen LogP contribution in [0.25, 0.3) is 0 Å². The maximum absolute atomic E-state index is 12.6. The zero-order valence-electron chi connectivity index (χ0n) is 20.4. The maximum Gasteiger partial charge on any atom is 0.330 e. The Balaban J connectivity index is 4.78. The van der Waals surface area contributed by atoms with Crippen molar-refractivity contribution in [3.63, 3.8) is 0 Å². The zero-order valence-corrected chi connectivity index (χ0v) is 20.4. The molecule has 0 aliphatic heterocycles. The Kier molecular flexibility index (Phi) is 19.3. The second kappa shape index (κ2) is 20.6. The Morgan fingerprint density at radius 2 is 1.00 bits per heavy atom. The minimum Gasteiger partial charge on any atom is -0.481 e. The first-order chi connectivity index (χ1) is 15.8. The van der Waals surface area contributed by atoms with Gasteiger partial charge in [0.2, 0.25) is 0 Å². The molecule has 0 aromatic carbocycles. The number of carbonyl (C=O) groups is 4. The number of ether oxygens (including phenoxy) is 1. The average Bonchev–Trinajstić information content (AvgIpc) is 2.76. The van der Waals surface area contributed by atoms with Gasteiger partial charge in [-0.1, -0.05) is 65.2 Å². The van der Waals surface area contributed by atoms with Crippen molar-refractivity contribution >= 4 is 23.9 Å². The van der Waals surface area contributed by atoms with E-state index >= 15 is 0 Å². The third-order valence-corrected chi connectivity index (χ3v) is 5.41. The molecule has 0 rings (SSSR count). The second-order valence-corrected chi connectivity index (χ2v) is 8.45. The first-order valence-corrected chi connectivity index (χ1v) is 12.5. The molecular weight excluding hydrogens is 428 g/mol. The van der Waals surface area contributed by atoms with E-state index in [0.717, 1.165) is 64.2 Å². The van der Waals surface area contributed by atoms with E-state index in [2.05, 4.69) is 24.5 Å². The van der Waals surface area contributed by atoms with Crippen molar-refractivity contribution in [3.8, 4) is 0 Å². The third kappa shape index (κ3) is 18.1. The Morgan fingerprint density at radius 1 is 0.636 bits per heavy atom. The van der Waals surface area contributed by atoms with E-state index in [4.69, 9.17) is 14.9 Å². The molecule has 0 aliphatic carbocycles. The van der Waals surface area contributed by atoms with Crippen molar-refractivity contribution in [2.24, 2.45) is 0 Å². The topological polar surface area (TPSA) is 142 Å². The summed E-state index contributed by atoms with van der Waals surface area (Å²) in [7, 11) is 0. The standard InChI is InChI=1S/C24H44N2O7/c1-3-5-7-9-11-17-25-19(13-15-21(27)28)23(31)33-24(32)20(14-16-22(29)30)26-18-12-10-8-6-4-2/h19-20,25-26H,3-18H2,1-2H3,(H,27,28)(H,29,30). The van der Waals surface area contributed by atoms with Crippen LogP contribution in [-0.2, 0) is 23.9 Å². The van der Waals surface area contributed by atoms with Crippen LogP contribution < -0.4 is 10.6 Å². The lowest BCUT2D eigenvalue weighted by atomic mass is 10.1. The van der Waals surface area contributed by atoms with Gasteiger partial charge in [-0.2, -0.15) is 0 Å². The molecule has 0 aromatic rings. The summed E-state index contributed by atoms with van der Waals surface area (Å²) in [5.74, 6) is -3.71. The van der Waals surface area contributed by atoms with E-state index in [0.29, 0.717) is 13.1 Å². The first-order valence-electron chi connectivity index (χ1n) is 12.5. The monoisotopic (exact) mass is 472 g/mol. The Labute approximate surface area is 198 Å². The van der Waals surface area contributed by atoms with Gasteiger partial charge in [-0.3, -0.25) is 9.59 Å². The summed E-state index contributed by atoms with van der Waals surface area (Å²) in [6.07, 6.45) is 9.97. The summed E-state index contributed by atoms with van der Waals surface area (Å²) >= 11 is 0. The van der Waals surface area contributed by atoms with Gasteiger partial charge in [-0.15, -0.1) is 0 Å². The van der Waals surface area contributed by atoms with Gasteiger partial charge >= 0.3 is 23.9 Å². The second-order valence-electron chi connectivity index (χ2n) is 8.45. The van der Waals surface area contributed by atoms with E-state index in [1.54, 1.807) is 0 Å². The molecule has 0 aromatic heterocycles. The SMILES string of the molecule is CCCCCCCNC(CCC(=O)O)C(=O)OC(=O)C(CCC(=O)O)NCCCCCCC. The van der Waals surface area contributed by atoms with E-state index in [-0.39, 0.29) is 25.7 Å². The number of unbranched alkanes of at least 4 members (excludes halogenated alkanes) is 8. The van der Waals surface area contributed by atoms with Crippen LogP contribution in [0.5, 0.6) is 0 Å². The van der Waals surface area contributed by atoms with E-state index in [1.807, 2.05) is 0 Å². The predicted molar refractivity (Wildman–Crippen MR) is 126 cm³/mol. The molecule has 4 N–H and O–H groups in total. The van der Waals surface area contributed by atoms with Crippen molar-refractivity contribution in [2.45, 2.75) is 116 Å². The van der Waals surface area contributed by atoms with Gasteiger partial charge in [-0.25, -0.2) is 9.59 Å². The summed E-state index contributed by atoms with van der Waals surface area (Å²) in [4.78, 5) is 47.1. The highest BCUT2D eigenvalue weighted by atomic mass is 16.6. The molecule has 192 valence electrons. The number of aliphatic carboxylic acids is 2. The van der Waals surface area contributed by atoms with Gasteiger partial charge in [0.25, 0.3) is 0 Å². The van der Waals surface area contributed by atoms with Crippen LogP contribution in [0.2, 0.25) is 0 Å². The third-order valence-electron chi connectivity index (χ3n) is 5.41. The fourth-order valence-electron chi connectivity index (χ4n) is 3.39. The van der Waals surface area contributed by atoms with Crippen molar-refractivity contribution in [1.82, 2.24) is 10.6 Å². The van der Waals surface area contributed by atoms with Crippen molar-refractivity contribution in [3.05, 3.63) is 0 Å². The molecule has 0 spiro atoms. The van der Waals surface area contributed by atoms with Crippen LogP contribution >= 0.6 is 0 Å². The Bertz CT molecular complexity index is 521. The predicted octanol–water partition coefficient (Wildman–Crippen LogP) is 3.64. The number of carboxylic acids is 2. The average molecular weight is 473 g/mol. The zero-order chi connectivity index (χ0) is 24.9. The Hall–Kier alpha value is -2.00. The number of carboxylic acid groups (broad SMARTS) is 2. The molecule has 0 aliphatic rings.